The Morgan fingerprint density at radius 2 is 1.70 bits per heavy atom. The van der Waals surface area contributed by atoms with Gasteiger partial charge in [-0.3, -0.25) is 19.3 Å². The van der Waals surface area contributed by atoms with Crippen LogP contribution < -0.4 is 4.72 Å². The molecule has 1 N–H and O–H groups in total. The van der Waals surface area contributed by atoms with E-state index in [1.807, 2.05) is 11.0 Å². The molecule has 0 radical (unpaired) electrons. The summed E-state index contributed by atoms with van der Waals surface area (Å²) in [5, 5.41) is 0. The smallest absolute Gasteiger partial charge is 0.289 e. The van der Waals surface area contributed by atoms with Gasteiger partial charge in [-0.05, 0) is 62.1 Å². The van der Waals surface area contributed by atoms with Gasteiger partial charge >= 0.3 is 0 Å². The summed E-state index contributed by atoms with van der Waals surface area (Å²) in [6.45, 7) is 4.30. The molecule has 0 saturated carbocycles. The van der Waals surface area contributed by atoms with Crippen LogP contribution >= 0.6 is 34.3 Å². The van der Waals surface area contributed by atoms with Gasteiger partial charge in [0.15, 0.2) is 5.76 Å². The molecule has 3 aliphatic heterocycles. The first-order valence-corrected chi connectivity index (χ1v) is 18.2. The summed E-state index contributed by atoms with van der Waals surface area (Å²) in [5.74, 6) is -0.256. The molecule has 3 aromatic rings. The molecule has 3 saturated heterocycles. The Balaban J connectivity index is 1.01. The Bertz CT molecular complexity index is 1600. The third kappa shape index (κ3) is 6.90. The van der Waals surface area contributed by atoms with Gasteiger partial charge in [0.25, 0.3) is 15.9 Å². The Morgan fingerprint density at radius 1 is 0.955 bits per heavy atom. The van der Waals surface area contributed by atoms with Crippen LogP contribution in [0.2, 0.25) is 4.34 Å². The zero-order valence-electron chi connectivity index (χ0n) is 24.0. The second kappa shape index (κ2) is 13.3. The topological polar surface area (TPSA) is 123 Å². The van der Waals surface area contributed by atoms with Crippen LogP contribution in [-0.4, -0.2) is 110 Å². The first-order valence-electron chi connectivity index (χ1n) is 14.7. The Morgan fingerprint density at radius 3 is 2.43 bits per heavy atom. The number of likely N-dealkylation sites (tertiary alicyclic amines) is 2. The number of piperazine rings is 1. The third-order valence-corrected chi connectivity index (χ3v) is 12.8. The van der Waals surface area contributed by atoms with Crippen molar-refractivity contribution in [1.82, 2.24) is 24.3 Å². The summed E-state index contributed by atoms with van der Waals surface area (Å²) in [6.07, 6.45) is 4.25. The Labute approximate surface area is 269 Å². The van der Waals surface area contributed by atoms with E-state index in [1.54, 1.807) is 29.2 Å². The number of hydrogen-bond acceptors (Lipinski definition) is 9. The molecule has 6 rings (SSSR count). The lowest BCUT2D eigenvalue weighted by atomic mass is 10.1. The average Bonchev–Trinajstić information content (AvgIpc) is 3.83. The summed E-state index contributed by atoms with van der Waals surface area (Å²) < 4.78 is 35.0. The van der Waals surface area contributed by atoms with Gasteiger partial charge < -0.3 is 19.1 Å². The maximum Gasteiger partial charge on any atom is 0.289 e. The SMILES string of the molecule is O=C(c1ccco1)N1CCN(CC2CCCN2C(=O)CN2CCCC(NS(=O)(=O)c3ccc(-c4ccc(Cl)s4)s3)C2=O)CC1. The lowest BCUT2D eigenvalue weighted by molar-refractivity contribution is -0.143. The van der Waals surface area contributed by atoms with Gasteiger partial charge in [-0.1, -0.05) is 11.6 Å². The molecule has 0 spiro atoms. The first kappa shape index (κ1) is 31.2. The van der Waals surface area contributed by atoms with Gasteiger partial charge in [-0.2, -0.15) is 4.72 Å². The molecule has 0 aliphatic carbocycles. The minimum Gasteiger partial charge on any atom is -0.459 e. The molecule has 44 heavy (non-hydrogen) atoms. The zero-order valence-corrected chi connectivity index (χ0v) is 27.2. The van der Waals surface area contributed by atoms with Crippen LogP contribution in [0.4, 0.5) is 0 Å². The molecule has 0 bridgehead atoms. The normalized spacial score (nSPS) is 21.8. The molecule has 3 fully saturated rings. The number of furan rings is 1. The van der Waals surface area contributed by atoms with Gasteiger partial charge in [0.05, 0.1) is 17.1 Å². The van der Waals surface area contributed by atoms with Crippen LogP contribution in [0.25, 0.3) is 9.75 Å². The molecule has 0 aromatic carbocycles. The van der Waals surface area contributed by atoms with Crippen LogP contribution in [0, 0.1) is 0 Å². The summed E-state index contributed by atoms with van der Waals surface area (Å²) in [4.78, 5) is 48.5. The van der Waals surface area contributed by atoms with Gasteiger partial charge in [0, 0.05) is 61.6 Å². The molecule has 3 aromatic heterocycles. The lowest BCUT2D eigenvalue weighted by Gasteiger charge is -2.38. The molecule has 15 heteroatoms. The standard InChI is InChI=1S/C29H34ClN5O6S3/c30-25-9-7-23(42-25)24-8-10-27(43-24)44(39,40)31-21-5-2-11-34(28(21)37)19-26(36)35-12-1-4-20(35)18-32-13-15-33(16-14-32)29(38)22-6-3-17-41-22/h3,6-10,17,20-21,31H,1-2,4-5,11-16,18-19H2. The predicted molar refractivity (Wildman–Crippen MR) is 168 cm³/mol. The lowest BCUT2D eigenvalue weighted by Crippen LogP contribution is -2.56. The van der Waals surface area contributed by atoms with Crippen molar-refractivity contribution in [3.63, 3.8) is 0 Å². The molecular weight excluding hydrogens is 646 g/mol. The fraction of sp³-hybridized carbons (Fsp3) is 0.483. The van der Waals surface area contributed by atoms with Crippen LogP contribution in [0.5, 0.6) is 0 Å². The van der Waals surface area contributed by atoms with Crippen molar-refractivity contribution in [2.24, 2.45) is 0 Å². The quantitative estimate of drug-likeness (QED) is 0.368. The van der Waals surface area contributed by atoms with Crippen LogP contribution in [-0.2, 0) is 19.6 Å². The molecule has 11 nitrogen and oxygen atoms in total. The number of nitrogens with zero attached hydrogens (tertiary/aromatic N) is 4. The number of thiophene rings is 2. The summed E-state index contributed by atoms with van der Waals surface area (Å²) in [6, 6.07) is 9.38. The average molecular weight is 680 g/mol. The third-order valence-electron chi connectivity index (χ3n) is 8.37. The fourth-order valence-electron chi connectivity index (χ4n) is 6.09. The van der Waals surface area contributed by atoms with E-state index >= 15 is 0 Å². The molecule has 236 valence electrons. The molecule has 3 aliphatic rings. The van der Waals surface area contributed by atoms with Crippen molar-refractivity contribution in [3.8, 4) is 9.75 Å². The second-order valence-corrected chi connectivity index (χ2v) is 16.0. The van der Waals surface area contributed by atoms with Gasteiger partial charge in [0.1, 0.15) is 10.3 Å². The van der Waals surface area contributed by atoms with E-state index < -0.39 is 16.1 Å². The molecule has 3 amide bonds. The highest BCUT2D eigenvalue weighted by molar-refractivity contribution is 7.91. The van der Waals surface area contributed by atoms with Crippen molar-refractivity contribution >= 4 is 62.0 Å². The Kier molecular flexibility index (Phi) is 9.45. The number of rotatable bonds is 9. The number of halogens is 1. The van der Waals surface area contributed by atoms with Crippen molar-refractivity contribution in [2.45, 2.75) is 42.0 Å². The minimum absolute atomic E-state index is 0.0373. The number of sulfonamides is 1. The highest BCUT2D eigenvalue weighted by atomic mass is 35.5. The van der Waals surface area contributed by atoms with Crippen molar-refractivity contribution in [3.05, 3.63) is 52.8 Å². The van der Waals surface area contributed by atoms with Crippen LogP contribution in [0.15, 0.2) is 51.3 Å². The van der Waals surface area contributed by atoms with E-state index in [9.17, 15) is 22.8 Å². The Hall–Kier alpha value is -2.75. The first-order chi connectivity index (χ1) is 21.2. The van der Waals surface area contributed by atoms with E-state index in [0.717, 1.165) is 33.9 Å². The molecule has 2 atom stereocenters. The van der Waals surface area contributed by atoms with E-state index in [0.29, 0.717) is 68.8 Å². The maximum absolute atomic E-state index is 13.4. The number of carbonyl (C=O) groups excluding carboxylic acids is 3. The number of nitrogens with one attached hydrogen (secondary N) is 1. The maximum atomic E-state index is 13.4. The monoisotopic (exact) mass is 679 g/mol. The highest BCUT2D eigenvalue weighted by Crippen LogP contribution is 2.37. The zero-order chi connectivity index (χ0) is 30.8. The van der Waals surface area contributed by atoms with E-state index in [1.165, 1.54) is 28.6 Å². The predicted octanol–water partition coefficient (Wildman–Crippen LogP) is 3.44. The number of hydrogen-bond donors (Lipinski definition) is 1. The van der Waals surface area contributed by atoms with Crippen molar-refractivity contribution in [2.75, 3.05) is 52.4 Å². The summed E-state index contributed by atoms with van der Waals surface area (Å²) in [7, 11) is -3.93. The largest absolute Gasteiger partial charge is 0.459 e. The van der Waals surface area contributed by atoms with Crippen molar-refractivity contribution in [1.29, 1.82) is 0 Å². The number of carbonyl (C=O) groups is 3. The van der Waals surface area contributed by atoms with E-state index in [-0.39, 0.29) is 34.5 Å². The molecule has 2 unspecified atom stereocenters. The van der Waals surface area contributed by atoms with Crippen LogP contribution in [0.1, 0.15) is 36.2 Å². The highest BCUT2D eigenvalue weighted by Gasteiger charge is 2.37. The van der Waals surface area contributed by atoms with Gasteiger partial charge in [-0.15, -0.1) is 22.7 Å². The van der Waals surface area contributed by atoms with Crippen LogP contribution in [0.3, 0.4) is 0 Å². The summed E-state index contributed by atoms with van der Waals surface area (Å²) in [5.41, 5.74) is 0. The molecule has 6 heterocycles. The summed E-state index contributed by atoms with van der Waals surface area (Å²) >= 11 is 8.53. The van der Waals surface area contributed by atoms with E-state index in [4.69, 9.17) is 16.0 Å². The fourth-order valence-corrected chi connectivity index (χ4v) is 9.77. The number of amides is 3. The van der Waals surface area contributed by atoms with Crippen molar-refractivity contribution < 1.29 is 27.2 Å². The minimum atomic E-state index is -3.93. The van der Waals surface area contributed by atoms with Gasteiger partial charge in [0.2, 0.25) is 11.8 Å². The van der Waals surface area contributed by atoms with Gasteiger partial charge in [-0.25, -0.2) is 8.42 Å². The second-order valence-electron chi connectivity index (χ2n) is 11.3. The number of piperidine rings is 1. The van der Waals surface area contributed by atoms with E-state index in [2.05, 4.69) is 9.62 Å². The molecular formula is C29H34ClN5O6S3.